The molecular formula is C20H14ClFN2O. The van der Waals surface area contributed by atoms with Crippen molar-refractivity contribution < 1.29 is 9.13 Å². The second kappa shape index (κ2) is 6.92. The van der Waals surface area contributed by atoms with Gasteiger partial charge in [0.2, 0.25) is 0 Å². The van der Waals surface area contributed by atoms with E-state index in [2.05, 4.69) is 11.1 Å². The third-order valence-electron chi connectivity index (χ3n) is 4.06. The fourth-order valence-electron chi connectivity index (χ4n) is 2.90. The van der Waals surface area contributed by atoms with E-state index in [9.17, 15) is 5.26 Å². The Balaban J connectivity index is 2.47. The number of hydrogen-bond donors (Lipinski definition) is 0. The van der Waals surface area contributed by atoms with Gasteiger partial charge in [0, 0.05) is 23.5 Å². The monoisotopic (exact) mass is 352 g/mol. The van der Waals surface area contributed by atoms with Crippen LogP contribution in [0.2, 0.25) is 5.02 Å². The summed E-state index contributed by atoms with van der Waals surface area (Å²) >= 11 is 6.25. The Morgan fingerprint density at radius 3 is 2.48 bits per heavy atom. The van der Waals surface area contributed by atoms with Gasteiger partial charge < -0.3 is 4.74 Å². The Kier molecular flexibility index (Phi) is 4.69. The van der Waals surface area contributed by atoms with E-state index in [1.54, 1.807) is 25.1 Å². The van der Waals surface area contributed by atoms with Crippen molar-refractivity contribution in [3.8, 4) is 34.1 Å². The van der Waals surface area contributed by atoms with Crippen LogP contribution in [0.15, 0.2) is 48.8 Å². The smallest absolute Gasteiger partial charge is 0.147 e. The molecule has 0 fully saturated rings. The number of nitriles is 1. The van der Waals surface area contributed by atoms with E-state index >= 15 is 4.39 Å². The number of pyridine rings is 1. The summed E-state index contributed by atoms with van der Waals surface area (Å²) in [5, 5.41) is 9.96. The van der Waals surface area contributed by atoms with Crippen molar-refractivity contribution in [1.29, 1.82) is 5.26 Å². The van der Waals surface area contributed by atoms with E-state index in [4.69, 9.17) is 16.3 Å². The van der Waals surface area contributed by atoms with E-state index in [1.165, 1.54) is 19.5 Å². The number of nitrogens with zero attached hydrogens (tertiary/aromatic N) is 2. The molecule has 0 bridgehead atoms. The summed E-state index contributed by atoms with van der Waals surface area (Å²) < 4.78 is 21.0. The Labute approximate surface area is 150 Å². The molecule has 124 valence electrons. The van der Waals surface area contributed by atoms with Crippen molar-refractivity contribution in [3.05, 3.63) is 70.8 Å². The van der Waals surface area contributed by atoms with Crippen molar-refractivity contribution in [2.24, 2.45) is 0 Å². The van der Waals surface area contributed by atoms with Crippen LogP contribution in [-0.2, 0) is 0 Å². The molecule has 0 atom stereocenters. The molecule has 3 aromatic rings. The molecule has 0 amide bonds. The maximum Gasteiger partial charge on any atom is 0.147 e. The normalized spacial score (nSPS) is 10.4. The fraction of sp³-hybridized carbons (Fsp3) is 0.100. The van der Waals surface area contributed by atoms with Crippen molar-refractivity contribution >= 4 is 11.6 Å². The highest BCUT2D eigenvalue weighted by molar-refractivity contribution is 6.33. The molecule has 0 saturated carbocycles. The van der Waals surface area contributed by atoms with Crippen LogP contribution in [0.25, 0.3) is 22.3 Å². The number of rotatable bonds is 3. The van der Waals surface area contributed by atoms with Crippen molar-refractivity contribution in [3.63, 3.8) is 0 Å². The molecule has 3 nitrogen and oxygen atoms in total. The van der Waals surface area contributed by atoms with E-state index in [0.717, 1.165) is 0 Å². The van der Waals surface area contributed by atoms with Gasteiger partial charge in [0.05, 0.1) is 23.3 Å². The minimum Gasteiger partial charge on any atom is -0.495 e. The first kappa shape index (κ1) is 16.9. The van der Waals surface area contributed by atoms with Crippen molar-refractivity contribution in [2.45, 2.75) is 6.92 Å². The molecule has 5 heteroatoms. The molecule has 25 heavy (non-hydrogen) atoms. The summed E-state index contributed by atoms with van der Waals surface area (Å²) in [5.41, 5.74) is 2.35. The first-order chi connectivity index (χ1) is 12.1. The van der Waals surface area contributed by atoms with Crippen LogP contribution < -0.4 is 4.74 Å². The molecule has 0 unspecified atom stereocenters. The highest BCUT2D eigenvalue weighted by atomic mass is 35.5. The Morgan fingerprint density at radius 2 is 1.88 bits per heavy atom. The highest BCUT2D eigenvalue weighted by Gasteiger charge is 2.26. The Hall–Kier alpha value is -2.90. The molecular weight excluding hydrogens is 339 g/mol. The molecule has 0 aliphatic heterocycles. The molecule has 1 aromatic heterocycles. The third kappa shape index (κ3) is 2.84. The molecule has 0 radical (unpaired) electrons. The Morgan fingerprint density at radius 1 is 1.16 bits per heavy atom. The van der Waals surface area contributed by atoms with Gasteiger partial charge in [0.25, 0.3) is 0 Å². The zero-order valence-electron chi connectivity index (χ0n) is 13.7. The van der Waals surface area contributed by atoms with Gasteiger partial charge in [-0.15, -0.1) is 0 Å². The summed E-state index contributed by atoms with van der Waals surface area (Å²) in [4.78, 5) is 4.03. The number of aromatic nitrogens is 1. The molecule has 3 rings (SSSR count). The summed E-state index contributed by atoms with van der Waals surface area (Å²) in [7, 11) is 1.41. The lowest BCUT2D eigenvalue weighted by atomic mass is 9.90. The van der Waals surface area contributed by atoms with Crippen LogP contribution in [-0.4, -0.2) is 12.1 Å². The topological polar surface area (TPSA) is 45.9 Å². The molecule has 0 aliphatic carbocycles. The van der Waals surface area contributed by atoms with E-state index in [-0.39, 0.29) is 16.9 Å². The molecule has 0 spiro atoms. The summed E-state index contributed by atoms with van der Waals surface area (Å²) in [6.07, 6.45) is 2.99. The van der Waals surface area contributed by atoms with E-state index in [0.29, 0.717) is 27.3 Å². The summed E-state index contributed by atoms with van der Waals surface area (Å²) in [6.45, 7) is 1.71. The SMILES string of the molecule is COc1c(C#N)c(C)c(-c2ccccc2)c(F)c1-c1cnccc1Cl. The lowest BCUT2D eigenvalue weighted by molar-refractivity contribution is 0.412. The quantitative estimate of drug-likeness (QED) is 0.634. The van der Waals surface area contributed by atoms with Crippen LogP contribution in [0.1, 0.15) is 11.1 Å². The molecule has 0 aliphatic rings. The number of hydrogen-bond acceptors (Lipinski definition) is 3. The van der Waals surface area contributed by atoms with Crippen molar-refractivity contribution in [2.75, 3.05) is 7.11 Å². The van der Waals surface area contributed by atoms with E-state index < -0.39 is 5.82 Å². The molecule has 0 saturated heterocycles. The second-order valence-corrected chi connectivity index (χ2v) is 5.84. The first-order valence-corrected chi connectivity index (χ1v) is 7.93. The number of methoxy groups -OCH3 is 1. The minimum atomic E-state index is -0.491. The van der Waals surface area contributed by atoms with Crippen LogP contribution in [0.3, 0.4) is 0 Å². The second-order valence-electron chi connectivity index (χ2n) is 5.43. The van der Waals surface area contributed by atoms with Gasteiger partial charge in [-0.25, -0.2) is 4.39 Å². The fourth-order valence-corrected chi connectivity index (χ4v) is 3.10. The van der Waals surface area contributed by atoms with Gasteiger partial charge >= 0.3 is 0 Å². The maximum absolute atomic E-state index is 15.6. The average molecular weight is 353 g/mol. The van der Waals surface area contributed by atoms with Gasteiger partial charge in [-0.3, -0.25) is 4.98 Å². The summed E-state index contributed by atoms with van der Waals surface area (Å²) in [6, 6.07) is 12.8. The maximum atomic E-state index is 15.6. The van der Waals surface area contributed by atoms with Crippen LogP contribution in [0, 0.1) is 24.1 Å². The third-order valence-corrected chi connectivity index (χ3v) is 4.39. The number of ether oxygens (including phenoxy) is 1. The predicted molar refractivity (Wildman–Crippen MR) is 96.1 cm³/mol. The highest BCUT2D eigenvalue weighted by Crippen LogP contribution is 2.44. The molecule has 0 N–H and O–H groups in total. The van der Waals surface area contributed by atoms with Gasteiger partial charge in [-0.05, 0) is 24.1 Å². The van der Waals surface area contributed by atoms with Gasteiger partial charge in [0.1, 0.15) is 17.6 Å². The predicted octanol–water partition coefficient (Wildman–Crippen LogP) is 5.40. The van der Waals surface area contributed by atoms with Crippen LogP contribution in [0.4, 0.5) is 4.39 Å². The lowest BCUT2D eigenvalue weighted by Crippen LogP contribution is -2.02. The van der Waals surface area contributed by atoms with E-state index in [1.807, 2.05) is 18.2 Å². The first-order valence-electron chi connectivity index (χ1n) is 7.55. The molecule has 2 aromatic carbocycles. The zero-order valence-corrected chi connectivity index (χ0v) is 14.4. The van der Waals surface area contributed by atoms with Crippen molar-refractivity contribution in [1.82, 2.24) is 4.98 Å². The molecule has 1 heterocycles. The largest absolute Gasteiger partial charge is 0.495 e. The van der Waals surface area contributed by atoms with Gasteiger partial charge in [-0.2, -0.15) is 5.26 Å². The van der Waals surface area contributed by atoms with Crippen LogP contribution >= 0.6 is 11.6 Å². The zero-order chi connectivity index (χ0) is 18.0. The van der Waals surface area contributed by atoms with Gasteiger partial charge in [-0.1, -0.05) is 41.9 Å². The summed E-state index contributed by atoms with van der Waals surface area (Å²) in [5.74, 6) is -0.332. The van der Waals surface area contributed by atoms with Gasteiger partial charge in [0.15, 0.2) is 0 Å². The Bertz CT molecular complexity index is 981. The minimum absolute atomic E-state index is 0.140. The average Bonchev–Trinajstić information content (AvgIpc) is 2.63. The lowest BCUT2D eigenvalue weighted by Gasteiger charge is -2.18. The van der Waals surface area contributed by atoms with Crippen LogP contribution in [0.5, 0.6) is 5.75 Å². The number of halogens is 2. The standard InChI is InChI=1S/C20H14ClFN2O/c1-12-14(10-23)20(25-2)18(15-11-24-9-8-16(15)21)19(22)17(12)13-6-4-3-5-7-13/h3-9,11H,1-2H3. The number of benzene rings is 2.